The minimum atomic E-state index is -0.498. The summed E-state index contributed by atoms with van der Waals surface area (Å²) in [5, 5.41) is 5.39. The summed E-state index contributed by atoms with van der Waals surface area (Å²) in [6.07, 6.45) is 1.24. The van der Waals surface area contributed by atoms with Gasteiger partial charge in [-0.2, -0.15) is 0 Å². The molecule has 1 aromatic rings. The fourth-order valence-corrected chi connectivity index (χ4v) is 2.02. The number of hydrogen-bond acceptors (Lipinski definition) is 3. The zero-order valence-electron chi connectivity index (χ0n) is 8.70. The molecular formula is C11H9FN2O2S. The van der Waals surface area contributed by atoms with Gasteiger partial charge in [0.25, 0.3) is 5.91 Å². The Kier molecular flexibility index (Phi) is 3.43. The molecule has 17 heavy (non-hydrogen) atoms. The van der Waals surface area contributed by atoms with E-state index < -0.39 is 11.7 Å². The number of hydrogen-bond donors (Lipinski definition) is 2. The van der Waals surface area contributed by atoms with Crippen molar-refractivity contribution in [1.82, 2.24) is 5.32 Å². The molecule has 1 saturated heterocycles. The van der Waals surface area contributed by atoms with Crippen LogP contribution in [0.25, 0.3) is 0 Å². The zero-order chi connectivity index (χ0) is 12.3. The van der Waals surface area contributed by atoms with E-state index >= 15 is 0 Å². The maximum Gasteiger partial charge on any atom is 0.251 e. The summed E-state index contributed by atoms with van der Waals surface area (Å²) in [7, 11) is 0. The molecule has 2 amide bonds. The lowest BCUT2D eigenvalue weighted by molar-refractivity contribution is -0.117. The molecule has 0 radical (unpaired) electrons. The molecule has 0 spiro atoms. The maximum atomic E-state index is 13.2. The summed E-state index contributed by atoms with van der Waals surface area (Å²) in [5.74, 6) is -0.805. The molecule has 6 heteroatoms. The number of rotatable bonds is 2. The zero-order valence-corrected chi connectivity index (χ0v) is 9.51. The van der Waals surface area contributed by atoms with Crippen molar-refractivity contribution in [2.45, 2.75) is 0 Å². The first kappa shape index (κ1) is 11.7. The van der Waals surface area contributed by atoms with Crippen LogP contribution >= 0.6 is 11.8 Å². The van der Waals surface area contributed by atoms with E-state index in [2.05, 4.69) is 10.6 Å². The lowest BCUT2D eigenvalue weighted by Gasteiger charge is -2.03. The monoisotopic (exact) mass is 252 g/mol. The van der Waals surface area contributed by atoms with Crippen LogP contribution in [0.1, 0.15) is 0 Å². The van der Waals surface area contributed by atoms with Gasteiger partial charge in [-0.25, -0.2) is 4.39 Å². The number of benzene rings is 1. The number of halogens is 1. The van der Waals surface area contributed by atoms with Crippen LogP contribution in [0.3, 0.4) is 0 Å². The molecular weight excluding hydrogens is 243 g/mol. The molecule has 0 unspecified atom stereocenters. The highest BCUT2D eigenvalue weighted by Gasteiger charge is 2.16. The summed E-state index contributed by atoms with van der Waals surface area (Å²) in [4.78, 5) is 22.4. The number of thioether (sulfide) groups is 1. The predicted molar refractivity (Wildman–Crippen MR) is 63.7 cm³/mol. The molecule has 0 aliphatic carbocycles. The van der Waals surface area contributed by atoms with Gasteiger partial charge in [-0.1, -0.05) is 23.9 Å². The molecule has 0 aromatic heterocycles. The van der Waals surface area contributed by atoms with E-state index in [1.807, 2.05) is 0 Å². The molecule has 1 aliphatic heterocycles. The number of amides is 2. The number of para-hydroxylation sites is 1. The topological polar surface area (TPSA) is 58.2 Å². The minimum absolute atomic E-state index is 0.115. The summed E-state index contributed by atoms with van der Waals surface area (Å²) < 4.78 is 13.2. The number of anilines is 1. The van der Waals surface area contributed by atoms with Crippen molar-refractivity contribution in [3.05, 3.63) is 41.2 Å². The Hall–Kier alpha value is -1.82. The fourth-order valence-electron chi connectivity index (χ4n) is 1.28. The van der Waals surface area contributed by atoms with E-state index in [-0.39, 0.29) is 11.6 Å². The van der Waals surface area contributed by atoms with E-state index in [0.717, 1.165) is 0 Å². The Balaban J connectivity index is 2.03. The maximum absolute atomic E-state index is 13.2. The van der Waals surface area contributed by atoms with Crippen LogP contribution in [-0.2, 0) is 9.59 Å². The minimum Gasteiger partial charge on any atom is -0.320 e. The molecule has 88 valence electrons. The third-order valence-corrected chi connectivity index (χ3v) is 2.95. The predicted octanol–water partition coefficient (Wildman–Crippen LogP) is 1.47. The quantitative estimate of drug-likeness (QED) is 0.784. The first-order chi connectivity index (χ1) is 8.15. The molecule has 0 bridgehead atoms. The molecule has 1 fully saturated rings. The van der Waals surface area contributed by atoms with Gasteiger partial charge in [0.1, 0.15) is 5.82 Å². The lowest BCUT2D eigenvalue weighted by Crippen LogP contribution is -2.16. The SMILES string of the molecule is O=C(/C=C1\NC(=O)CS1)Nc1ccccc1F. The van der Waals surface area contributed by atoms with Crippen LogP contribution in [0.2, 0.25) is 0 Å². The van der Waals surface area contributed by atoms with Crippen molar-refractivity contribution < 1.29 is 14.0 Å². The second-order valence-electron chi connectivity index (χ2n) is 3.31. The van der Waals surface area contributed by atoms with Gasteiger partial charge in [0.05, 0.1) is 16.5 Å². The Morgan fingerprint density at radius 3 is 2.88 bits per heavy atom. The highest BCUT2D eigenvalue weighted by molar-refractivity contribution is 8.04. The lowest BCUT2D eigenvalue weighted by atomic mass is 10.3. The van der Waals surface area contributed by atoms with Gasteiger partial charge >= 0.3 is 0 Å². The van der Waals surface area contributed by atoms with Gasteiger partial charge in [0, 0.05) is 6.08 Å². The van der Waals surface area contributed by atoms with Crippen molar-refractivity contribution in [2.24, 2.45) is 0 Å². The van der Waals surface area contributed by atoms with E-state index in [9.17, 15) is 14.0 Å². The van der Waals surface area contributed by atoms with Crippen LogP contribution < -0.4 is 10.6 Å². The van der Waals surface area contributed by atoms with E-state index in [0.29, 0.717) is 10.8 Å². The molecule has 2 rings (SSSR count). The highest BCUT2D eigenvalue weighted by atomic mass is 32.2. The summed E-state index contributed by atoms with van der Waals surface area (Å²) in [6, 6.07) is 5.88. The molecule has 0 atom stereocenters. The molecule has 1 aromatic carbocycles. The average molecular weight is 252 g/mol. The van der Waals surface area contributed by atoms with Gasteiger partial charge in [0.15, 0.2) is 0 Å². The summed E-state index contributed by atoms with van der Waals surface area (Å²) in [5.41, 5.74) is 0.115. The first-order valence-electron chi connectivity index (χ1n) is 4.85. The van der Waals surface area contributed by atoms with E-state index in [1.54, 1.807) is 6.07 Å². The largest absolute Gasteiger partial charge is 0.320 e. The van der Waals surface area contributed by atoms with Crippen LogP contribution in [0.4, 0.5) is 10.1 Å². The molecule has 0 saturated carbocycles. The van der Waals surface area contributed by atoms with Gasteiger partial charge in [-0.3, -0.25) is 9.59 Å². The van der Waals surface area contributed by atoms with Crippen molar-refractivity contribution in [3.63, 3.8) is 0 Å². The Morgan fingerprint density at radius 1 is 1.47 bits per heavy atom. The van der Waals surface area contributed by atoms with Gasteiger partial charge in [-0.15, -0.1) is 0 Å². The summed E-state index contributed by atoms with van der Waals surface area (Å²) >= 11 is 1.24. The summed E-state index contributed by atoms with van der Waals surface area (Å²) in [6.45, 7) is 0. The van der Waals surface area contributed by atoms with Crippen molar-refractivity contribution in [3.8, 4) is 0 Å². The number of carbonyl (C=O) groups excluding carboxylic acids is 2. The van der Waals surface area contributed by atoms with E-state index in [4.69, 9.17) is 0 Å². The van der Waals surface area contributed by atoms with Crippen molar-refractivity contribution in [1.29, 1.82) is 0 Å². The number of nitrogens with one attached hydrogen (secondary N) is 2. The molecule has 1 aliphatic rings. The van der Waals surface area contributed by atoms with Crippen LogP contribution in [0.5, 0.6) is 0 Å². The average Bonchev–Trinajstić information content (AvgIpc) is 2.67. The normalized spacial score (nSPS) is 17.0. The molecule has 1 heterocycles. The second-order valence-corrected chi connectivity index (χ2v) is 4.33. The second kappa shape index (κ2) is 5.01. The Bertz CT molecular complexity index is 502. The third-order valence-electron chi connectivity index (χ3n) is 2.02. The van der Waals surface area contributed by atoms with Crippen LogP contribution in [0, 0.1) is 5.82 Å². The van der Waals surface area contributed by atoms with Crippen molar-refractivity contribution in [2.75, 3.05) is 11.1 Å². The van der Waals surface area contributed by atoms with Crippen molar-refractivity contribution >= 4 is 29.3 Å². The van der Waals surface area contributed by atoms with Crippen LogP contribution in [-0.4, -0.2) is 17.6 Å². The molecule has 4 nitrogen and oxygen atoms in total. The van der Waals surface area contributed by atoms with Gasteiger partial charge < -0.3 is 10.6 Å². The smallest absolute Gasteiger partial charge is 0.251 e. The van der Waals surface area contributed by atoms with Crippen LogP contribution in [0.15, 0.2) is 35.4 Å². The Labute approximate surface area is 101 Å². The third kappa shape index (κ3) is 3.07. The fraction of sp³-hybridized carbons (Fsp3) is 0.0909. The Morgan fingerprint density at radius 2 is 2.24 bits per heavy atom. The first-order valence-corrected chi connectivity index (χ1v) is 5.83. The van der Waals surface area contributed by atoms with Gasteiger partial charge in [-0.05, 0) is 12.1 Å². The number of carbonyl (C=O) groups is 2. The standard InChI is InChI=1S/C11H9FN2O2S/c12-7-3-1-2-4-8(7)13-9(15)5-11-14-10(16)6-17-11/h1-5H,6H2,(H,13,15)(H,14,16)/b11-5+. The highest BCUT2D eigenvalue weighted by Crippen LogP contribution is 2.19. The van der Waals surface area contributed by atoms with E-state index in [1.165, 1.54) is 36.0 Å². The molecule has 2 N–H and O–H groups in total. The van der Waals surface area contributed by atoms with Gasteiger partial charge in [0.2, 0.25) is 5.91 Å².